The minimum absolute atomic E-state index is 0.0756. The Balaban J connectivity index is 1.86. The molecule has 0 aliphatic carbocycles. The summed E-state index contributed by atoms with van der Waals surface area (Å²) >= 11 is 2.31. The van der Waals surface area contributed by atoms with Gasteiger partial charge in [-0.15, -0.1) is 21.5 Å². The number of nitriles is 1. The van der Waals surface area contributed by atoms with Gasteiger partial charge in [-0.2, -0.15) is 5.26 Å². The molecular formula is C17H14N8O4S2. The van der Waals surface area contributed by atoms with Crippen molar-refractivity contribution in [2.24, 2.45) is 0 Å². The summed E-state index contributed by atoms with van der Waals surface area (Å²) < 4.78 is 1.32. The molecule has 0 saturated carbocycles. The number of nitro benzene ring substituents is 1. The number of carbonyl (C=O) groups is 2. The highest BCUT2D eigenvalue weighted by molar-refractivity contribution is 7.99. The smallest absolute Gasteiger partial charge is 0.270 e. The second-order valence-corrected chi connectivity index (χ2v) is 7.73. The molecule has 0 atom stereocenters. The molecule has 0 fully saturated rings. The van der Waals surface area contributed by atoms with E-state index in [1.54, 1.807) is 5.38 Å². The van der Waals surface area contributed by atoms with Crippen molar-refractivity contribution >= 4 is 45.7 Å². The zero-order valence-electron chi connectivity index (χ0n) is 15.9. The zero-order valence-corrected chi connectivity index (χ0v) is 17.6. The lowest BCUT2D eigenvalue weighted by molar-refractivity contribution is -0.384. The first-order valence-corrected chi connectivity index (χ1v) is 10.5. The van der Waals surface area contributed by atoms with E-state index in [1.165, 1.54) is 41.1 Å². The summed E-state index contributed by atoms with van der Waals surface area (Å²) in [6.45, 7) is 1.37. The molecule has 158 valence electrons. The number of nitrogens with one attached hydrogen (secondary N) is 2. The van der Waals surface area contributed by atoms with E-state index in [4.69, 9.17) is 5.26 Å². The summed E-state index contributed by atoms with van der Waals surface area (Å²) in [7, 11) is 0. The van der Waals surface area contributed by atoms with Gasteiger partial charge in [-0.25, -0.2) is 9.66 Å². The Bertz CT molecular complexity index is 1180. The molecule has 3 rings (SSSR count). The van der Waals surface area contributed by atoms with Crippen molar-refractivity contribution in [2.75, 3.05) is 16.5 Å². The van der Waals surface area contributed by atoms with Crippen molar-refractivity contribution in [3.05, 3.63) is 56.8 Å². The van der Waals surface area contributed by atoms with E-state index in [2.05, 4.69) is 25.9 Å². The minimum Gasteiger partial charge on any atom is -0.302 e. The fourth-order valence-corrected chi connectivity index (χ4v) is 3.73. The predicted molar refractivity (Wildman–Crippen MR) is 112 cm³/mol. The molecule has 0 unspecified atom stereocenters. The minimum atomic E-state index is -0.610. The zero-order chi connectivity index (χ0) is 22.4. The number of hydrogen-bond donors (Lipinski definition) is 2. The van der Waals surface area contributed by atoms with Gasteiger partial charge < -0.3 is 5.32 Å². The van der Waals surface area contributed by atoms with Crippen LogP contribution in [0.1, 0.15) is 28.8 Å². The number of benzene rings is 1. The third-order valence-corrected chi connectivity index (χ3v) is 5.28. The number of carbonyl (C=O) groups excluding carboxylic acids is 2. The van der Waals surface area contributed by atoms with Crippen LogP contribution in [0.25, 0.3) is 0 Å². The molecule has 2 heterocycles. The van der Waals surface area contributed by atoms with E-state index < -0.39 is 10.8 Å². The van der Waals surface area contributed by atoms with Gasteiger partial charge in [-0.3, -0.25) is 25.1 Å². The Morgan fingerprint density at radius 2 is 2.19 bits per heavy atom. The predicted octanol–water partition coefficient (Wildman–Crippen LogP) is 2.19. The molecule has 3 aromatic rings. The SMILES string of the molecule is CC(=O)Nc1nc(Cc2nnc(SCC#N)n2NC(=O)c2cccc([N+](=O)[O-])c2)cs1. The van der Waals surface area contributed by atoms with Crippen molar-refractivity contribution < 1.29 is 14.5 Å². The van der Waals surface area contributed by atoms with Crippen LogP contribution in [0.15, 0.2) is 34.8 Å². The first kappa shape index (κ1) is 21.9. The van der Waals surface area contributed by atoms with Crippen LogP contribution in [0.4, 0.5) is 10.8 Å². The normalized spacial score (nSPS) is 10.3. The average Bonchev–Trinajstić information content (AvgIpc) is 3.33. The molecule has 14 heteroatoms. The first-order valence-electron chi connectivity index (χ1n) is 8.59. The van der Waals surface area contributed by atoms with Gasteiger partial charge >= 0.3 is 0 Å². The van der Waals surface area contributed by atoms with Gasteiger partial charge in [0, 0.05) is 30.0 Å². The second-order valence-electron chi connectivity index (χ2n) is 5.93. The maximum atomic E-state index is 12.7. The van der Waals surface area contributed by atoms with Gasteiger partial charge in [0.1, 0.15) is 0 Å². The topological polar surface area (TPSA) is 169 Å². The summed E-state index contributed by atoms with van der Waals surface area (Å²) in [5.41, 5.74) is 3.06. The number of non-ortho nitro benzene ring substituents is 1. The van der Waals surface area contributed by atoms with Crippen LogP contribution >= 0.6 is 23.1 Å². The van der Waals surface area contributed by atoms with E-state index >= 15 is 0 Å². The lowest BCUT2D eigenvalue weighted by atomic mass is 10.2. The van der Waals surface area contributed by atoms with Gasteiger partial charge in [0.15, 0.2) is 11.0 Å². The summed E-state index contributed by atoms with van der Waals surface area (Å²) in [6.07, 6.45) is 0.186. The highest BCUT2D eigenvalue weighted by Gasteiger charge is 2.19. The van der Waals surface area contributed by atoms with Crippen molar-refractivity contribution in [3.8, 4) is 6.07 Å². The summed E-state index contributed by atoms with van der Waals surface area (Å²) in [5.74, 6) is -0.447. The van der Waals surface area contributed by atoms with Crippen LogP contribution in [0.2, 0.25) is 0 Å². The number of aromatic nitrogens is 4. The molecule has 12 nitrogen and oxygen atoms in total. The van der Waals surface area contributed by atoms with Crippen LogP contribution in [0, 0.1) is 21.4 Å². The molecule has 0 saturated heterocycles. The number of rotatable bonds is 8. The Labute approximate surface area is 183 Å². The molecule has 1 aromatic carbocycles. The van der Waals surface area contributed by atoms with Gasteiger partial charge in [0.2, 0.25) is 11.1 Å². The summed E-state index contributed by atoms with van der Waals surface area (Å²) in [6, 6.07) is 7.25. The van der Waals surface area contributed by atoms with E-state index in [-0.39, 0.29) is 34.5 Å². The number of nitrogens with zero attached hydrogens (tertiary/aromatic N) is 6. The standard InChI is InChI=1S/C17H14N8O4S2/c1-10(26)19-16-20-12(9-31-16)8-14-21-22-17(30-6-5-18)24(14)23-15(27)11-3-2-4-13(7-11)25(28)29/h2-4,7,9H,6,8H2,1H3,(H,23,27)(H,19,20,26). The fraction of sp³-hybridized carbons (Fsp3) is 0.176. The number of hydrogen-bond acceptors (Lipinski definition) is 10. The van der Waals surface area contributed by atoms with E-state index in [1.807, 2.05) is 6.07 Å². The third-order valence-electron chi connectivity index (χ3n) is 3.67. The number of nitro groups is 1. The van der Waals surface area contributed by atoms with E-state index in [9.17, 15) is 19.7 Å². The molecule has 2 aromatic heterocycles. The molecular weight excluding hydrogens is 444 g/mol. The maximum Gasteiger partial charge on any atom is 0.270 e. The molecule has 0 radical (unpaired) electrons. The number of anilines is 1. The average molecular weight is 458 g/mol. The van der Waals surface area contributed by atoms with Gasteiger partial charge in [-0.1, -0.05) is 17.8 Å². The van der Waals surface area contributed by atoms with E-state index in [0.29, 0.717) is 16.6 Å². The number of amides is 2. The van der Waals surface area contributed by atoms with E-state index in [0.717, 1.165) is 17.8 Å². The molecule has 0 aliphatic rings. The monoisotopic (exact) mass is 458 g/mol. The lowest BCUT2D eigenvalue weighted by Gasteiger charge is -2.10. The molecule has 2 N–H and O–H groups in total. The quantitative estimate of drug-likeness (QED) is 0.292. The molecule has 0 bridgehead atoms. The van der Waals surface area contributed by atoms with Crippen molar-refractivity contribution in [1.29, 1.82) is 5.26 Å². The second kappa shape index (κ2) is 9.78. The fourth-order valence-electron chi connectivity index (χ4n) is 2.40. The highest BCUT2D eigenvalue weighted by atomic mass is 32.2. The van der Waals surface area contributed by atoms with Gasteiger partial charge in [0.25, 0.3) is 11.6 Å². The Morgan fingerprint density at radius 1 is 1.39 bits per heavy atom. The van der Waals surface area contributed by atoms with Crippen LogP contribution in [0.3, 0.4) is 0 Å². The molecule has 0 spiro atoms. The van der Waals surface area contributed by atoms with Gasteiger partial charge in [-0.05, 0) is 6.07 Å². The summed E-state index contributed by atoms with van der Waals surface area (Å²) in [4.78, 5) is 38.5. The van der Waals surface area contributed by atoms with Gasteiger partial charge in [0.05, 0.1) is 28.9 Å². The summed E-state index contributed by atoms with van der Waals surface area (Å²) in [5, 5.41) is 32.9. The molecule has 31 heavy (non-hydrogen) atoms. The first-order chi connectivity index (χ1) is 14.9. The highest BCUT2D eigenvalue weighted by Crippen LogP contribution is 2.21. The molecule has 0 aliphatic heterocycles. The lowest BCUT2D eigenvalue weighted by Crippen LogP contribution is -2.26. The largest absolute Gasteiger partial charge is 0.302 e. The van der Waals surface area contributed by atoms with Crippen molar-refractivity contribution in [1.82, 2.24) is 19.9 Å². The Hall–Kier alpha value is -3.83. The van der Waals surface area contributed by atoms with Crippen molar-refractivity contribution in [2.45, 2.75) is 18.5 Å². The Kier molecular flexibility index (Phi) is 6.90. The third kappa shape index (κ3) is 5.62. The Morgan fingerprint density at radius 3 is 2.90 bits per heavy atom. The van der Waals surface area contributed by atoms with Crippen LogP contribution in [-0.4, -0.2) is 42.3 Å². The number of thiazole rings is 1. The van der Waals surface area contributed by atoms with Crippen LogP contribution < -0.4 is 10.7 Å². The van der Waals surface area contributed by atoms with Crippen LogP contribution in [-0.2, 0) is 11.2 Å². The van der Waals surface area contributed by atoms with Crippen molar-refractivity contribution in [3.63, 3.8) is 0 Å². The van der Waals surface area contributed by atoms with Crippen LogP contribution in [0.5, 0.6) is 0 Å². The number of thioether (sulfide) groups is 1. The maximum absolute atomic E-state index is 12.7. The molecule has 2 amide bonds.